The van der Waals surface area contributed by atoms with Crippen LogP contribution in [0.25, 0.3) is 11.3 Å². The van der Waals surface area contributed by atoms with E-state index in [1.54, 1.807) is 12.1 Å². The van der Waals surface area contributed by atoms with Gasteiger partial charge in [-0.25, -0.2) is 4.39 Å². The van der Waals surface area contributed by atoms with Crippen LogP contribution < -0.4 is 4.90 Å². The topological polar surface area (TPSA) is 62.2 Å². The Labute approximate surface area is 224 Å². The SMILES string of the molecule is Cc1c(-c2ccc(F)cc2)nnc(N2CCC(N(C)C(=O)c3cnccc3C(F)(F)F)CC2)c1C.Cl.Cl. The lowest BCUT2D eigenvalue weighted by molar-refractivity contribution is -0.138. The smallest absolute Gasteiger partial charge is 0.355 e. The molecular formula is C25H27Cl2F4N5O. The fraction of sp³-hybridized carbons (Fsp3) is 0.360. The molecule has 0 radical (unpaired) electrons. The molecule has 1 aliphatic heterocycles. The van der Waals surface area contributed by atoms with Crippen LogP contribution in [0.15, 0.2) is 42.7 Å². The maximum absolute atomic E-state index is 13.3. The van der Waals surface area contributed by atoms with Crippen molar-refractivity contribution in [2.24, 2.45) is 0 Å². The van der Waals surface area contributed by atoms with Gasteiger partial charge in [0.2, 0.25) is 0 Å². The van der Waals surface area contributed by atoms with Gasteiger partial charge >= 0.3 is 6.18 Å². The van der Waals surface area contributed by atoms with Gasteiger partial charge in [0, 0.05) is 44.1 Å². The summed E-state index contributed by atoms with van der Waals surface area (Å²) in [5.41, 5.74) is 1.92. The number of halogens is 6. The zero-order chi connectivity index (χ0) is 25.3. The Kier molecular flexibility index (Phi) is 9.84. The van der Waals surface area contributed by atoms with Crippen molar-refractivity contribution in [2.45, 2.75) is 38.9 Å². The summed E-state index contributed by atoms with van der Waals surface area (Å²) in [6.45, 7) is 5.05. The number of nitrogens with zero attached hydrogens (tertiary/aromatic N) is 5. The van der Waals surface area contributed by atoms with E-state index in [1.807, 2.05) is 13.8 Å². The Bertz CT molecular complexity index is 1230. The number of hydrogen-bond acceptors (Lipinski definition) is 5. The molecule has 0 atom stereocenters. The Balaban J connectivity index is 0.00000241. The molecular weight excluding hydrogens is 533 g/mol. The van der Waals surface area contributed by atoms with E-state index in [2.05, 4.69) is 20.1 Å². The molecule has 3 aromatic rings. The number of hydrogen-bond donors (Lipinski definition) is 0. The highest BCUT2D eigenvalue weighted by atomic mass is 35.5. The van der Waals surface area contributed by atoms with Crippen molar-refractivity contribution in [3.05, 3.63) is 70.8 Å². The molecule has 0 bridgehead atoms. The number of carbonyl (C=O) groups is 1. The monoisotopic (exact) mass is 559 g/mol. The highest BCUT2D eigenvalue weighted by Gasteiger charge is 2.37. The van der Waals surface area contributed by atoms with Crippen LogP contribution in [-0.4, -0.2) is 52.2 Å². The fourth-order valence-corrected chi connectivity index (χ4v) is 4.41. The molecule has 1 aliphatic rings. The first-order chi connectivity index (χ1) is 16.6. The normalized spacial score (nSPS) is 14.0. The van der Waals surface area contributed by atoms with Crippen LogP contribution in [0, 0.1) is 19.7 Å². The molecule has 1 aromatic carbocycles. The van der Waals surface area contributed by atoms with Crippen molar-refractivity contribution >= 4 is 36.5 Å². The average Bonchev–Trinajstić information content (AvgIpc) is 2.85. The number of pyridine rings is 1. The minimum absolute atomic E-state index is 0. The molecule has 37 heavy (non-hydrogen) atoms. The van der Waals surface area contributed by atoms with Gasteiger partial charge in [-0.2, -0.15) is 13.2 Å². The summed E-state index contributed by atoms with van der Waals surface area (Å²) in [5.74, 6) is -0.288. The van der Waals surface area contributed by atoms with Crippen molar-refractivity contribution in [2.75, 3.05) is 25.0 Å². The molecule has 2 aromatic heterocycles. The molecule has 3 heterocycles. The zero-order valence-corrected chi connectivity index (χ0v) is 22.1. The van der Waals surface area contributed by atoms with E-state index in [-0.39, 0.29) is 36.7 Å². The van der Waals surface area contributed by atoms with Crippen LogP contribution >= 0.6 is 24.8 Å². The maximum atomic E-state index is 13.3. The van der Waals surface area contributed by atoms with E-state index >= 15 is 0 Å². The largest absolute Gasteiger partial charge is 0.417 e. The third-order valence-electron chi connectivity index (χ3n) is 6.60. The van der Waals surface area contributed by atoms with Gasteiger partial charge in [0.25, 0.3) is 5.91 Å². The van der Waals surface area contributed by atoms with Crippen molar-refractivity contribution < 1.29 is 22.4 Å². The lowest BCUT2D eigenvalue weighted by atomic mass is 10.00. The Hall–Kier alpha value is -2.98. The number of alkyl halides is 3. The van der Waals surface area contributed by atoms with Crippen LogP contribution in [0.2, 0.25) is 0 Å². The first kappa shape index (κ1) is 30.2. The third kappa shape index (κ3) is 6.30. The predicted octanol–water partition coefficient (Wildman–Crippen LogP) is 5.90. The fourth-order valence-electron chi connectivity index (χ4n) is 4.41. The molecule has 12 heteroatoms. The highest BCUT2D eigenvalue weighted by Crippen LogP contribution is 2.33. The number of amides is 1. The second-order valence-electron chi connectivity index (χ2n) is 8.68. The summed E-state index contributed by atoms with van der Waals surface area (Å²) in [6, 6.07) is 6.69. The molecule has 6 nitrogen and oxygen atoms in total. The summed E-state index contributed by atoms with van der Waals surface area (Å²) < 4.78 is 53.3. The molecule has 0 spiro atoms. The van der Waals surface area contributed by atoms with Crippen molar-refractivity contribution in [3.63, 3.8) is 0 Å². The second kappa shape index (κ2) is 12.0. The van der Waals surface area contributed by atoms with Gasteiger partial charge in [-0.15, -0.1) is 35.0 Å². The van der Waals surface area contributed by atoms with E-state index in [4.69, 9.17) is 0 Å². The number of anilines is 1. The average molecular weight is 560 g/mol. The molecule has 200 valence electrons. The van der Waals surface area contributed by atoms with Gasteiger partial charge in [0.05, 0.1) is 16.8 Å². The summed E-state index contributed by atoms with van der Waals surface area (Å²) >= 11 is 0. The van der Waals surface area contributed by atoms with Crippen molar-refractivity contribution in [1.29, 1.82) is 0 Å². The van der Waals surface area contributed by atoms with Gasteiger partial charge in [0.15, 0.2) is 5.82 Å². The Morgan fingerprint density at radius 1 is 1.00 bits per heavy atom. The summed E-state index contributed by atoms with van der Waals surface area (Å²) in [5, 5.41) is 8.80. The van der Waals surface area contributed by atoms with E-state index in [0.717, 1.165) is 41.0 Å². The minimum Gasteiger partial charge on any atom is -0.355 e. The first-order valence-electron chi connectivity index (χ1n) is 11.2. The van der Waals surface area contributed by atoms with Crippen molar-refractivity contribution in [1.82, 2.24) is 20.1 Å². The van der Waals surface area contributed by atoms with Crippen LogP contribution in [0.4, 0.5) is 23.4 Å². The van der Waals surface area contributed by atoms with E-state index in [0.29, 0.717) is 31.6 Å². The molecule has 1 fully saturated rings. The lowest BCUT2D eigenvalue weighted by Crippen LogP contribution is -2.46. The summed E-state index contributed by atoms with van der Waals surface area (Å²) in [6.07, 6.45) is -1.48. The van der Waals surface area contributed by atoms with Crippen molar-refractivity contribution in [3.8, 4) is 11.3 Å². The highest BCUT2D eigenvalue weighted by molar-refractivity contribution is 5.95. The summed E-state index contributed by atoms with van der Waals surface area (Å²) in [7, 11) is 1.53. The van der Waals surface area contributed by atoms with Gasteiger partial charge < -0.3 is 9.80 Å². The van der Waals surface area contributed by atoms with Gasteiger partial charge in [-0.1, -0.05) is 0 Å². The second-order valence-corrected chi connectivity index (χ2v) is 8.68. The molecule has 4 rings (SSSR count). The quantitative estimate of drug-likeness (QED) is 0.372. The number of piperidine rings is 1. The van der Waals surface area contributed by atoms with Crippen LogP contribution in [0.5, 0.6) is 0 Å². The number of carbonyl (C=O) groups excluding carboxylic acids is 1. The third-order valence-corrected chi connectivity index (χ3v) is 6.60. The molecule has 1 amide bonds. The molecule has 0 saturated carbocycles. The first-order valence-corrected chi connectivity index (χ1v) is 11.2. The Morgan fingerprint density at radius 2 is 1.62 bits per heavy atom. The minimum atomic E-state index is -4.63. The van der Waals surface area contributed by atoms with E-state index < -0.39 is 23.2 Å². The van der Waals surface area contributed by atoms with Gasteiger partial charge in [0.1, 0.15) is 5.82 Å². The predicted molar refractivity (Wildman–Crippen MR) is 138 cm³/mol. The van der Waals surface area contributed by atoms with Gasteiger partial charge in [-0.3, -0.25) is 9.78 Å². The molecule has 0 N–H and O–H groups in total. The lowest BCUT2D eigenvalue weighted by Gasteiger charge is -2.38. The molecule has 0 aliphatic carbocycles. The molecule has 0 unspecified atom stereocenters. The number of benzene rings is 1. The number of aromatic nitrogens is 3. The van der Waals surface area contributed by atoms with E-state index in [9.17, 15) is 22.4 Å². The molecule has 1 saturated heterocycles. The maximum Gasteiger partial charge on any atom is 0.417 e. The standard InChI is InChI=1S/C25H25F4N5O.2ClH/c1-15-16(2)23(32-31-22(15)17-4-6-18(26)7-5-17)34-12-9-19(10-13-34)33(3)24(35)20-14-30-11-8-21(20)25(27,28)29;;/h4-8,11,14,19H,9-10,12-13H2,1-3H3;2*1H. The van der Waals surface area contributed by atoms with Gasteiger partial charge in [-0.05, 0) is 68.1 Å². The Morgan fingerprint density at radius 3 is 2.22 bits per heavy atom. The van der Waals surface area contributed by atoms with Crippen LogP contribution in [0.3, 0.4) is 0 Å². The zero-order valence-electron chi connectivity index (χ0n) is 20.4. The summed E-state index contributed by atoms with van der Waals surface area (Å²) in [4.78, 5) is 20.1. The van der Waals surface area contributed by atoms with Crippen LogP contribution in [-0.2, 0) is 6.18 Å². The number of rotatable bonds is 4. The van der Waals surface area contributed by atoms with E-state index in [1.165, 1.54) is 24.1 Å². The van der Waals surface area contributed by atoms with Crippen LogP contribution in [0.1, 0.15) is 39.9 Å².